The van der Waals surface area contributed by atoms with E-state index in [9.17, 15) is 0 Å². The van der Waals surface area contributed by atoms with Crippen molar-refractivity contribution in [3.05, 3.63) is 118 Å². The summed E-state index contributed by atoms with van der Waals surface area (Å²) in [7, 11) is 0. The topological polar surface area (TPSA) is 0 Å². The van der Waals surface area contributed by atoms with E-state index < -0.39 is 0 Å². The molecule has 1 unspecified atom stereocenters. The van der Waals surface area contributed by atoms with E-state index >= 15 is 0 Å². The van der Waals surface area contributed by atoms with E-state index in [1.54, 1.807) is 44.1 Å². The Morgan fingerprint density at radius 1 is 0.844 bits per heavy atom. The van der Waals surface area contributed by atoms with Gasteiger partial charge < -0.3 is 24.8 Å². The summed E-state index contributed by atoms with van der Waals surface area (Å²) in [6.07, 6.45) is 17.8. The molecule has 0 aromatic heterocycles. The van der Waals surface area contributed by atoms with Crippen LogP contribution in [0.1, 0.15) is 102 Å². The molecule has 0 N–H and O–H groups in total. The number of benzene rings is 3. The SMILES string of the molecule is CC(C)(C)c1ccc([CH]=[Zr+2])cc1.CC1=[C-]C(C)C=C1CC12CC3CC(CC(C3)C1)C2.[Cl-].[Cl-].[c-]1cccc2c1Cc1ccccc1-2. The smallest absolute Gasteiger partial charge is 0.0253 e. The van der Waals surface area contributed by atoms with Crippen LogP contribution in [0.15, 0.2) is 84.0 Å². The minimum atomic E-state index is 0. The van der Waals surface area contributed by atoms with Gasteiger partial charge in [-0.15, -0.1) is 5.56 Å². The Morgan fingerprint density at radius 2 is 1.44 bits per heavy atom. The van der Waals surface area contributed by atoms with Gasteiger partial charge in [-0.2, -0.15) is 41.5 Å². The first-order valence-corrected chi connectivity index (χ1v) is 18.0. The summed E-state index contributed by atoms with van der Waals surface area (Å²) in [4.78, 5) is 0. The van der Waals surface area contributed by atoms with Crippen molar-refractivity contribution in [2.45, 2.75) is 91.4 Å². The summed E-state index contributed by atoms with van der Waals surface area (Å²) < 4.78 is 2.21. The summed E-state index contributed by atoms with van der Waals surface area (Å²) in [6, 6.07) is 26.9. The number of fused-ring (bicyclic) bond motifs is 3. The third kappa shape index (κ3) is 8.50. The van der Waals surface area contributed by atoms with Gasteiger partial charge in [0.2, 0.25) is 0 Å². The van der Waals surface area contributed by atoms with E-state index in [4.69, 9.17) is 0 Å². The first kappa shape index (κ1) is 36.3. The Kier molecular flexibility index (Phi) is 12.2. The molecule has 0 nitrogen and oxygen atoms in total. The quantitative estimate of drug-likeness (QED) is 0.271. The summed E-state index contributed by atoms with van der Waals surface area (Å²) in [6.45, 7) is 11.3. The van der Waals surface area contributed by atoms with Crippen molar-refractivity contribution in [2.24, 2.45) is 29.1 Å². The average molecular weight is 715 g/mol. The van der Waals surface area contributed by atoms with E-state index in [2.05, 4.69) is 117 Å². The maximum atomic E-state index is 3.57. The molecule has 0 aliphatic heterocycles. The fraction of sp³-hybridized carbons (Fsp3) is 0.452. The van der Waals surface area contributed by atoms with Crippen LogP contribution in [0.25, 0.3) is 11.1 Å². The normalized spacial score (nSPS) is 26.4. The van der Waals surface area contributed by atoms with Crippen LogP contribution in [0, 0.1) is 41.2 Å². The molecule has 1 atom stereocenters. The van der Waals surface area contributed by atoms with Gasteiger partial charge in [-0.25, -0.2) is 5.57 Å². The standard InChI is InChI=1S/C18H25.C13H9.C11H14.2ClH.Zr/c1-12-3-13(2)17(4-12)11-18-8-14-5-15(9-18)7-16(6-14)10-18;1-3-7-12-10(5-1)9-11-6-2-4-8-13(11)12;1-9-5-7-10(8-6-9)11(2,3)4;;;/h4,12,14-16H,5-11H2,1-2H3;1-5,7-8H,9H2;1,5-8H,2-4H3;2*1H;/q2*-1;;;;+2/p-2. The monoisotopic (exact) mass is 712 g/mol. The van der Waals surface area contributed by atoms with E-state index in [-0.39, 0.29) is 30.2 Å². The molecule has 0 heterocycles. The molecule has 4 fully saturated rings. The number of allylic oxidation sites excluding steroid dienone is 4. The van der Waals surface area contributed by atoms with Gasteiger partial charge in [-0.05, 0) is 68.1 Å². The first-order valence-electron chi connectivity index (χ1n) is 16.6. The van der Waals surface area contributed by atoms with Gasteiger partial charge in [0.15, 0.2) is 0 Å². The van der Waals surface area contributed by atoms with Crippen LogP contribution in [0.4, 0.5) is 0 Å². The summed E-state index contributed by atoms with van der Waals surface area (Å²) >= 11 is 1.46. The summed E-state index contributed by atoms with van der Waals surface area (Å²) in [5.74, 6) is 3.82. The van der Waals surface area contributed by atoms with Crippen LogP contribution in [0.5, 0.6) is 0 Å². The number of hydrogen-bond donors (Lipinski definition) is 0. The van der Waals surface area contributed by atoms with Gasteiger partial charge in [0.1, 0.15) is 0 Å². The second-order valence-corrected chi connectivity index (χ2v) is 16.0. The maximum absolute atomic E-state index is 3.57. The minimum absolute atomic E-state index is 0. The Hall–Kier alpha value is -1.53. The molecule has 4 bridgehead atoms. The molecule has 3 aromatic rings. The second-order valence-electron chi connectivity index (χ2n) is 15.3. The molecule has 0 amide bonds. The molecule has 6 aliphatic rings. The zero-order chi connectivity index (χ0) is 30.2. The fourth-order valence-corrected chi connectivity index (χ4v) is 9.55. The Labute approximate surface area is 300 Å². The molecule has 0 spiro atoms. The summed E-state index contributed by atoms with van der Waals surface area (Å²) in [5, 5.41) is 0. The van der Waals surface area contributed by atoms with Crippen LogP contribution < -0.4 is 24.8 Å². The zero-order valence-electron chi connectivity index (χ0n) is 27.7. The van der Waals surface area contributed by atoms with E-state index in [1.165, 1.54) is 69.6 Å². The Bertz CT molecular complexity index is 1440. The Morgan fingerprint density at radius 3 is 2.00 bits per heavy atom. The van der Waals surface area contributed by atoms with Crippen LogP contribution >= 0.6 is 0 Å². The predicted molar refractivity (Wildman–Crippen MR) is 179 cm³/mol. The molecule has 9 rings (SSSR count). The van der Waals surface area contributed by atoms with E-state index in [0.717, 1.165) is 24.2 Å². The molecule has 0 saturated heterocycles. The van der Waals surface area contributed by atoms with Crippen molar-refractivity contribution in [3.8, 4) is 11.1 Å². The number of hydrogen-bond acceptors (Lipinski definition) is 0. The number of rotatable bonds is 3. The van der Waals surface area contributed by atoms with Gasteiger partial charge in [-0.3, -0.25) is 6.08 Å². The van der Waals surface area contributed by atoms with Crippen molar-refractivity contribution in [1.82, 2.24) is 0 Å². The van der Waals surface area contributed by atoms with Gasteiger partial charge in [0.05, 0.1) is 0 Å². The van der Waals surface area contributed by atoms with E-state index in [0.29, 0.717) is 11.3 Å². The third-order valence-electron chi connectivity index (χ3n) is 10.7. The Balaban J connectivity index is 0.000000155. The second kappa shape index (κ2) is 15.1. The van der Waals surface area contributed by atoms with Crippen molar-refractivity contribution in [1.29, 1.82) is 0 Å². The van der Waals surface area contributed by atoms with Crippen molar-refractivity contribution < 1.29 is 49.0 Å². The van der Waals surface area contributed by atoms with Gasteiger partial charge in [0.25, 0.3) is 0 Å². The van der Waals surface area contributed by atoms with Crippen LogP contribution in [-0.4, -0.2) is 3.71 Å². The van der Waals surface area contributed by atoms with Crippen molar-refractivity contribution in [3.63, 3.8) is 0 Å². The van der Waals surface area contributed by atoms with Crippen LogP contribution in [0.2, 0.25) is 0 Å². The van der Waals surface area contributed by atoms with Crippen LogP contribution in [0.3, 0.4) is 0 Å². The predicted octanol–water partition coefficient (Wildman–Crippen LogP) is 4.67. The van der Waals surface area contributed by atoms with Crippen molar-refractivity contribution in [2.75, 3.05) is 0 Å². The van der Waals surface area contributed by atoms with Gasteiger partial charge >= 0.3 is 89.5 Å². The molecule has 6 aliphatic carbocycles. The first-order chi connectivity index (χ1) is 20.6. The molecule has 3 heteroatoms. The molecule has 3 aromatic carbocycles. The third-order valence-corrected chi connectivity index (χ3v) is 11.5. The zero-order valence-corrected chi connectivity index (χ0v) is 31.7. The van der Waals surface area contributed by atoms with Gasteiger partial charge in [0, 0.05) is 0 Å². The number of halogens is 2. The molecule has 4 saturated carbocycles. The van der Waals surface area contributed by atoms with E-state index in [1.807, 2.05) is 6.07 Å². The fourth-order valence-electron chi connectivity index (χ4n) is 9.08. The molecule has 0 radical (unpaired) electrons. The van der Waals surface area contributed by atoms with Gasteiger partial charge in [-0.1, -0.05) is 61.6 Å². The molecular formula is C42H48Cl2Zr-2. The average Bonchev–Trinajstić information content (AvgIpc) is 3.50. The summed E-state index contributed by atoms with van der Waals surface area (Å²) in [5.41, 5.74) is 12.3. The molecular weight excluding hydrogens is 667 g/mol. The van der Waals surface area contributed by atoms with Crippen molar-refractivity contribution >= 4 is 3.71 Å². The molecule has 236 valence electrons. The minimum Gasteiger partial charge on any atom is -1.00 e. The molecule has 45 heavy (non-hydrogen) atoms. The maximum Gasteiger partial charge on any atom is -0.0253 e. The largest absolute Gasteiger partial charge is 1.00 e. The van der Waals surface area contributed by atoms with Crippen LogP contribution in [-0.2, 0) is 36.1 Å².